The third-order valence-corrected chi connectivity index (χ3v) is 2.45. The maximum atomic E-state index is 6.08. The van der Waals surface area contributed by atoms with Crippen molar-refractivity contribution in [2.45, 2.75) is 27.7 Å². The number of hydrogen-bond donors (Lipinski definition) is 1. The Kier molecular flexibility index (Phi) is 6.16. The summed E-state index contributed by atoms with van der Waals surface area (Å²) in [4.78, 5) is 4.13. The van der Waals surface area contributed by atoms with Crippen LogP contribution in [0.3, 0.4) is 0 Å². The maximum Gasteiger partial charge on any atom is 0.0432 e. The van der Waals surface area contributed by atoms with Gasteiger partial charge in [0.15, 0.2) is 0 Å². The number of nitrogens with zero attached hydrogens (tertiary/aromatic N) is 1. The Morgan fingerprint density at radius 3 is 2.12 bits per heavy atom. The average Bonchev–Trinajstić information content (AvgIpc) is 2.27. The molecule has 0 saturated heterocycles. The molecule has 0 aromatic heterocycles. The SMILES string of the molecule is C=C(C)/C=C\C(=C/C)C(N)=C(C)C(C)=NC. The molecule has 0 aliphatic carbocycles. The van der Waals surface area contributed by atoms with E-state index in [1.54, 1.807) is 7.05 Å². The fourth-order valence-electron chi connectivity index (χ4n) is 1.15. The second-order valence-corrected chi connectivity index (χ2v) is 3.77. The first-order valence-corrected chi connectivity index (χ1v) is 5.34. The molecular formula is C14H22N2. The van der Waals surface area contributed by atoms with Crippen LogP contribution in [-0.4, -0.2) is 12.8 Å². The van der Waals surface area contributed by atoms with Crippen LogP contribution in [0.15, 0.2) is 52.2 Å². The minimum Gasteiger partial charge on any atom is -0.398 e. The molecule has 0 rings (SSSR count). The third-order valence-electron chi connectivity index (χ3n) is 2.45. The van der Waals surface area contributed by atoms with Gasteiger partial charge in [0, 0.05) is 18.5 Å². The van der Waals surface area contributed by atoms with E-state index in [9.17, 15) is 0 Å². The zero-order valence-electron chi connectivity index (χ0n) is 11.0. The standard InChI is InChI=1S/C14H22N2/c1-7-13(9-8-10(2)3)14(15)11(4)12(5)16-6/h7-9H,2,15H2,1,3-6H3/b9-8-,13-7+,14-11?,16-12?. The van der Waals surface area contributed by atoms with Crippen LogP contribution in [0.4, 0.5) is 0 Å². The van der Waals surface area contributed by atoms with Gasteiger partial charge in [0.1, 0.15) is 0 Å². The van der Waals surface area contributed by atoms with Gasteiger partial charge in [0.2, 0.25) is 0 Å². The fourth-order valence-corrected chi connectivity index (χ4v) is 1.15. The monoisotopic (exact) mass is 218 g/mol. The minimum absolute atomic E-state index is 0.767. The molecule has 0 unspecified atom stereocenters. The minimum atomic E-state index is 0.767. The van der Waals surface area contributed by atoms with Gasteiger partial charge in [0.05, 0.1) is 0 Å². The Morgan fingerprint density at radius 2 is 1.75 bits per heavy atom. The van der Waals surface area contributed by atoms with Gasteiger partial charge >= 0.3 is 0 Å². The molecule has 0 spiro atoms. The van der Waals surface area contributed by atoms with Crippen LogP contribution >= 0.6 is 0 Å². The quantitative estimate of drug-likeness (QED) is 0.570. The normalized spacial score (nSPS) is 15.3. The molecule has 0 amide bonds. The summed E-state index contributed by atoms with van der Waals surface area (Å²) >= 11 is 0. The van der Waals surface area contributed by atoms with E-state index >= 15 is 0 Å². The van der Waals surface area contributed by atoms with Crippen molar-refractivity contribution in [2.75, 3.05) is 7.05 Å². The van der Waals surface area contributed by atoms with Gasteiger partial charge in [-0.05, 0) is 38.8 Å². The van der Waals surface area contributed by atoms with Crippen molar-refractivity contribution in [1.29, 1.82) is 0 Å². The summed E-state index contributed by atoms with van der Waals surface area (Å²) in [5.74, 6) is 0. The van der Waals surface area contributed by atoms with Crippen LogP contribution in [-0.2, 0) is 0 Å². The van der Waals surface area contributed by atoms with Crippen molar-refractivity contribution >= 4 is 5.71 Å². The Labute approximate surface area is 99.0 Å². The second kappa shape index (κ2) is 6.83. The average molecular weight is 218 g/mol. The highest BCUT2D eigenvalue weighted by Gasteiger charge is 2.03. The van der Waals surface area contributed by atoms with Gasteiger partial charge in [-0.25, -0.2) is 0 Å². The van der Waals surface area contributed by atoms with Gasteiger partial charge in [0.25, 0.3) is 0 Å². The highest BCUT2D eigenvalue weighted by Crippen LogP contribution is 2.13. The summed E-state index contributed by atoms with van der Waals surface area (Å²) in [6, 6.07) is 0. The first kappa shape index (κ1) is 14.4. The third kappa shape index (κ3) is 4.30. The molecule has 0 aromatic rings. The Bertz CT molecular complexity index is 380. The zero-order chi connectivity index (χ0) is 12.7. The molecule has 0 bridgehead atoms. The van der Waals surface area contributed by atoms with Crippen LogP contribution in [0.25, 0.3) is 0 Å². The van der Waals surface area contributed by atoms with Crippen LogP contribution in [0.1, 0.15) is 27.7 Å². The topological polar surface area (TPSA) is 38.4 Å². The lowest BCUT2D eigenvalue weighted by molar-refractivity contribution is 1.26. The molecule has 0 aromatic carbocycles. The summed E-state index contributed by atoms with van der Waals surface area (Å²) in [6.45, 7) is 11.7. The van der Waals surface area contributed by atoms with Crippen LogP contribution in [0.5, 0.6) is 0 Å². The second-order valence-electron chi connectivity index (χ2n) is 3.77. The summed E-state index contributed by atoms with van der Waals surface area (Å²) in [7, 11) is 1.77. The van der Waals surface area contributed by atoms with Gasteiger partial charge in [-0.15, -0.1) is 0 Å². The first-order chi connectivity index (χ1) is 7.43. The number of aliphatic imine (C=N–C) groups is 1. The highest BCUT2D eigenvalue weighted by molar-refractivity contribution is 5.98. The van der Waals surface area contributed by atoms with Crippen molar-refractivity contribution in [3.63, 3.8) is 0 Å². The molecule has 2 nitrogen and oxygen atoms in total. The first-order valence-electron chi connectivity index (χ1n) is 5.34. The summed E-state index contributed by atoms with van der Waals surface area (Å²) in [5.41, 5.74) is 10.8. The highest BCUT2D eigenvalue weighted by atomic mass is 14.7. The molecule has 16 heavy (non-hydrogen) atoms. The fraction of sp³-hybridized carbons (Fsp3) is 0.357. The molecule has 0 saturated carbocycles. The van der Waals surface area contributed by atoms with Gasteiger partial charge in [-0.2, -0.15) is 0 Å². The molecule has 0 aliphatic heterocycles. The van der Waals surface area contributed by atoms with Gasteiger partial charge in [-0.3, -0.25) is 4.99 Å². The zero-order valence-corrected chi connectivity index (χ0v) is 11.0. The van der Waals surface area contributed by atoms with E-state index < -0.39 is 0 Å². The lowest BCUT2D eigenvalue weighted by atomic mass is 10.0. The van der Waals surface area contributed by atoms with E-state index in [0.717, 1.165) is 28.1 Å². The van der Waals surface area contributed by atoms with Crippen LogP contribution < -0.4 is 5.73 Å². The van der Waals surface area contributed by atoms with Gasteiger partial charge in [-0.1, -0.05) is 30.4 Å². The number of hydrogen-bond acceptors (Lipinski definition) is 2. The number of allylic oxidation sites excluding steroid dienone is 5. The molecule has 88 valence electrons. The Morgan fingerprint density at radius 1 is 1.19 bits per heavy atom. The van der Waals surface area contributed by atoms with E-state index in [-0.39, 0.29) is 0 Å². The molecule has 2 N–H and O–H groups in total. The largest absolute Gasteiger partial charge is 0.398 e. The molecule has 0 atom stereocenters. The van der Waals surface area contributed by atoms with Gasteiger partial charge < -0.3 is 5.73 Å². The number of rotatable bonds is 4. The van der Waals surface area contributed by atoms with Crippen LogP contribution in [0.2, 0.25) is 0 Å². The van der Waals surface area contributed by atoms with Crippen molar-refractivity contribution < 1.29 is 0 Å². The van der Waals surface area contributed by atoms with E-state index in [1.807, 2.05) is 45.9 Å². The lowest BCUT2D eigenvalue weighted by Gasteiger charge is -2.08. The maximum absolute atomic E-state index is 6.08. The van der Waals surface area contributed by atoms with Crippen molar-refractivity contribution in [2.24, 2.45) is 10.7 Å². The predicted octanol–water partition coefficient (Wildman–Crippen LogP) is 3.39. The van der Waals surface area contributed by atoms with Crippen molar-refractivity contribution in [3.8, 4) is 0 Å². The molecule has 0 aliphatic rings. The van der Waals surface area contributed by atoms with Crippen molar-refractivity contribution in [1.82, 2.24) is 0 Å². The number of nitrogens with two attached hydrogens (primary N) is 1. The smallest absolute Gasteiger partial charge is 0.0432 e. The van der Waals surface area contributed by atoms with Crippen molar-refractivity contribution in [3.05, 3.63) is 47.2 Å². The summed E-state index contributed by atoms with van der Waals surface area (Å²) < 4.78 is 0. The van der Waals surface area contributed by atoms with E-state index in [2.05, 4.69) is 11.6 Å². The Balaban J connectivity index is 5.23. The summed E-state index contributed by atoms with van der Waals surface area (Å²) in [6.07, 6.45) is 5.92. The lowest BCUT2D eigenvalue weighted by Crippen LogP contribution is -2.08. The molecule has 0 heterocycles. The van der Waals surface area contributed by atoms with E-state index in [0.29, 0.717) is 0 Å². The predicted molar refractivity (Wildman–Crippen MR) is 73.6 cm³/mol. The molecule has 2 heteroatoms. The van der Waals surface area contributed by atoms with Crippen LogP contribution in [0, 0.1) is 0 Å². The molecular weight excluding hydrogens is 196 g/mol. The molecule has 0 fully saturated rings. The summed E-state index contributed by atoms with van der Waals surface area (Å²) in [5, 5.41) is 0. The van der Waals surface area contributed by atoms with E-state index in [4.69, 9.17) is 5.73 Å². The Hall–Kier alpha value is -1.57. The molecule has 0 radical (unpaired) electrons. The van der Waals surface area contributed by atoms with E-state index in [1.165, 1.54) is 0 Å².